The predicted molar refractivity (Wildman–Crippen MR) is 133 cm³/mol. The van der Waals surface area contributed by atoms with Gasteiger partial charge in [0, 0.05) is 53.2 Å². The predicted octanol–water partition coefficient (Wildman–Crippen LogP) is 4.14. The Hall–Kier alpha value is -2.86. The fraction of sp³-hybridized carbons (Fsp3) is 0.481. The number of nitrogens with one attached hydrogen (secondary N) is 1. The van der Waals surface area contributed by atoms with Crippen molar-refractivity contribution in [3.63, 3.8) is 0 Å². The molecular weight excluding hydrogens is 412 g/mol. The Bertz CT molecular complexity index is 811. The van der Waals surface area contributed by atoms with E-state index in [1.54, 1.807) is 7.05 Å². The van der Waals surface area contributed by atoms with Gasteiger partial charge in [-0.15, -0.1) is 0 Å². The van der Waals surface area contributed by atoms with Crippen molar-refractivity contribution in [2.75, 3.05) is 46.8 Å². The number of hydrogen-bond acceptors (Lipinski definition) is 3. The first-order chi connectivity index (χ1) is 16.1. The van der Waals surface area contributed by atoms with Gasteiger partial charge in [-0.1, -0.05) is 73.5 Å². The number of benzene rings is 2. The lowest BCUT2D eigenvalue weighted by Gasteiger charge is -2.40. The van der Waals surface area contributed by atoms with E-state index in [0.29, 0.717) is 6.42 Å². The van der Waals surface area contributed by atoms with Crippen LogP contribution in [0.5, 0.6) is 0 Å². The molecule has 178 valence electrons. The van der Waals surface area contributed by atoms with Gasteiger partial charge in [0.25, 0.3) is 0 Å². The molecule has 1 saturated heterocycles. The lowest BCUT2D eigenvalue weighted by atomic mass is 9.96. The van der Waals surface area contributed by atoms with Crippen LogP contribution in [0, 0.1) is 0 Å². The SMILES string of the molecule is CNC(=O)CCCCCCN(C)C(=O)N1CCN(C(c2ccccc2)c2ccccc2)CC1. The summed E-state index contributed by atoms with van der Waals surface area (Å²) in [5.74, 6) is 0.100. The quantitative estimate of drug-likeness (QED) is 0.554. The highest BCUT2D eigenvalue weighted by molar-refractivity contribution is 5.75. The standard InChI is InChI=1S/C27H38N4O2/c1-28-25(32)17-11-3-4-12-18-29(2)27(33)31-21-19-30(20-22-31)26(23-13-7-5-8-14-23)24-15-9-6-10-16-24/h5-10,13-16,26H,3-4,11-12,17-22H2,1-2H3,(H,28,32). The van der Waals surface area contributed by atoms with Gasteiger partial charge in [0.15, 0.2) is 0 Å². The highest BCUT2D eigenvalue weighted by Crippen LogP contribution is 2.29. The smallest absolute Gasteiger partial charge is 0.319 e. The lowest BCUT2D eigenvalue weighted by Crippen LogP contribution is -2.53. The van der Waals surface area contributed by atoms with Crippen molar-refractivity contribution < 1.29 is 9.59 Å². The van der Waals surface area contributed by atoms with Crippen molar-refractivity contribution in [3.8, 4) is 0 Å². The third kappa shape index (κ3) is 7.32. The van der Waals surface area contributed by atoms with E-state index < -0.39 is 0 Å². The molecule has 3 amide bonds. The molecule has 0 unspecified atom stereocenters. The fourth-order valence-electron chi connectivity index (χ4n) is 4.51. The van der Waals surface area contributed by atoms with Gasteiger partial charge in [-0.2, -0.15) is 0 Å². The van der Waals surface area contributed by atoms with Crippen molar-refractivity contribution in [2.24, 2.45) is 0 Å². The number of rotatable bonds is 10. The number of hydrogen-bond donors (Lipinski definition) is 1. The maximum absolute atomic E-state index is 12.9. The van der Waals surface area contributed by atoms with Crippen LogP contribution in [0.25, 0.3) is 0 Å². The van der Waals surface area contributed by atoms with E-state index in [4.69, 9.17) is 0 Å². The minimum Gasteiger partial charge on any atom is -0.359 e. The Morgan fingerprint density at radius 1 is 0.848 bits per heavy atom. The Morgan fingerprint density at radius 2 is 1.39 bits per heavy atom. The Morgan fingerprint density at radius 3 is 1.94 bits per heavy atom. The molecule has 3 rings (SSSR count). The first kappa shape index (κ1) is 24.8. The Labute approximate surface area is 198 Å². The molecule has 2 aromatic carbocycles. The van der Waals surface area contributed by atoms with Crippen LogP contribution in [0.1, 0.15) is 49.3 Å². The summed E-state index contributed by atoms with van der Waals surface area (Å²) in [5.41, 5.74) is 2.58. The number of nitrogens with zero attached hydrogens (tertiary/aromatic N) is 3. The molecule has 1 aliphatic rings. The first-order valence-electron chi connectivity index (χ1n) is 12.1. The van der Waals surface area contributed by atoms with Gasteiger partial charge in [0.2, 0.25) is 5.91 Å². The normalized spacial score (nSPS) is 14.3. The third-order valence-electron chi connectivity index (χ3n) is 6.43. The molecule has 1 fully saturated rings. The van der Waals surface area contributed by atoms with Crippen LogP contribution in [0.15, 0.2) is 60.7 Å². The fourth-order valence-corrected chi connectivity index (χ4v) is 4.51. The van der Waals surface area contributed by atoms with Gasteiger partial charge in [0.1, 0.15) is 0 Å². The maximum Gasteiger partial charge on any atom is 0.319 e. The monoisotopic (exact) mass is 450 g/mol. The van der Waals surface area contributed by atoms with Crippen LogP contribution in [0.4, 0.5) is 4.79 Å². The van der Waals surface area contributed by atoms with E-state index >= 15 is 0 Å². The molecule has 0 aliphatic carbocycles. The second-order valence-electron chi connectivity index (χ2n) is 8.79. The van der Waals surface area contributed by atoms with Crippen LogP contribution in [0.3, 0.4) is 0 Å². The zero-order valence-corrected chi connectivity index (χ0v) is 20.1. The van der Waals surface area contributed by atoms with E-state index in [2.05, 4.69) is 70.9 Å². The molecule has 6 nitrogen and oxygen atoms in total. The molecule has 1 aliphatic heterocycles. The van der Waals surface area contributed by atoms with Gasteiger partial charge in [-0.3, -0.25) is 9.69 Å². The molecule has 33 heavy (non-hydrogen) atoms. The van der Waals surface area contributed by atoms with Crippen LogP contribution < -0.4 is 5.32 Å². The summed E-state index contributed by atoms with van der Waals surface area (Å²) in [6.07, 6.45) is 4.53. The van der Waals surface area contributed by atoms with Crippen molar-refractivity contribution in [1.82, 2.24) is 20.0 Å². The number of carbonyl (C=O) groups excluding carboxylic acids is 2. The zero-order valence-electron chi connectivity index (χ0n) is 20.1. The number of carbonyl (C=O) groups is 2. The van der Waals surface area contributed by atoms with Crippen LogP contribution in [0.2, 0.25) is 0 Å². The summed E-state index contributed by atoms with van der Waals surface area (Å²) in [7, 11) is 3.57. The second-order valence-corrected chi connectivity index (χ2v) is 8.79. The molecule has 0 radical (unpaired) electrons. The maximum atomic E-state index is 12.9. The highest BCUT2D eigenvalue weighted by atomic mass is 16.2. The summed E-state index contributed by atoms with van der Waals surface area (Å²) >= 11 is 0. The minimum atomic E-state index is 0.100. The molecule has 0 spiro atoms. The molecule has 0 aromatic heterocycles. The highest BCUT2D eigenvalue weighted by Gasteiger charge is 2.29. The van der Waals surface area contributed by atoms with E-state index in [-0.39, 0.29) is 18.0 Å². The second kappa shape index (κ2) is 13.0. The Kier molecular flexibility index (Phi) is 9.76. The summed E-state index contributed by atoms with van der Waals surface area (Å²) in [6.45, 7) is 3.95. The van der Waals surface area contributed by atoms with Crippen molar-refractivity contribution in [3.05, 3.63) is 71.8 Å². The van der Waals surface area contributed by atoms with Crippen molar-refractivity contribution in [1.29, 1.82) is 0 Å². The van der Waals surface area contributed by atoms with Crippen LogP contribution in [-0.4, -0.2) is 73.5 Å². The van der Waals surface area contributed by atoms with E-state index in [0.717, 1.165) is 58.4 Å². The van der Waals surface area contributed by atoms with E-state index in [9.17, 15) is 9.59 Å². The van der Waals surface area contributed by atoms with E-state index in [1.807, 2.05) is 16.8 Å². The molecule has 2 aromatic rings. The average Bonchev–Trinajstić information content (AvgIpc) is 2.87. The molecule has 0 saturated carbocycles. The van der Waals surface area contributed by atoms with Crippen molar-refractivity contribution in [2.45, 2.75) is 38.1 Å². The van der Waals surface area contributed by atoms with Gasteiger partial charge in [0.05, 0.1) is 6.04 Å². The third-order valence-corrected chi connectivity index (χ3v) is 6.43. The van der Waals surface area contributed by atoms with Gasteiger partial charge in [-0.05, 0) is 24.0 Å². The Balaban J connectivity index is 1.47. The lowest BCUT2D eigenvalue weighted by molar-refractivity contribution is -0.120. The summed E-state index contributed by atoms with van der Waals surface area (Å²) in [5, 5.41) is 2.65. The number of amides is 3. The summed E-state index contributed by atoms with van der Waals surface area (Å²) in [6, 6.07) is 21.6. The summed E-state index contributed by atoms with van der Waals surface area (Å²) in [4.78, 5) is 30.5. The van der Waals surface area contributed by atoms with Gasteiger partial charge >= 0.3 is 6.03 Å². The van der Waals surface area contributed by atoms with Crippen LogP contribution >= 0.6 is 0 Å². The molecular formula is C27H38N4O2. The minimum absolute atomic E-state index is 0.100. The molecule has 1 N–H and O–H groups in total. The van der Waals surface area contributed by atoms with Gasteiger partial charge in [-0.25, -0.2) is 4.79 Å². The molecule has 0 bridgehead atoms. The summed E-state index contributed by atoms with van der Waals surface area (Å²) < 4.78 is 0. The number of urea groups is 1. The van der Waals surface area contributed by atoms with Gasteiger partial charge < -0.3 is 15.1 Å². The molecule has 0 atom stereocenters. The number of unbranched alkanes of at least 4 members (excludes halogenated alkanes) is 3. The molecule has 6 heteroatoms. The zero-order chi connectivity index (χ0) is 23.5. The van der Waals surface area contributed by atoms with Crippen molar-refractivity contribution >= 4 is 11.9 Å². The van der Waals surface area contributed by atoms with E-state index in [1.165, 1.54) is 11.1 Å². The first-order valence-corrected chi connectivity index (χ1v) is 12.1. The molecule has 1 heterocycles. The van der Waals surface area contributed by atoms with Crippen LogP contribution in [-0.2, 0) is 4.79 Å². The largest absolute Gasteiger partial charge is 0.359 e. The number of piperazine rings is 1. The topological polar surface area (TPSA) is 55.9 Å². The average molecular weight is 451 g/mol.